The van der Waals surface area contributed by atoms with Crippen molar-refractivity contribution in [3.8, 4) is 10.6 Å². The summed E-state index contributed by atoms with van der Waals surface area (Å²) in [4.78, 5) is 43.5. The van der Waals surface area contributed by atoms with Crippen LogP contribution in [0.4, 0.5) is 9.93 Å². The van der Waals surface area contributed by atoms with Gasteiger partial charge in [-0.1, -0.05) is 36.4 Å². The van der Waals surface area contributed by atoms with Crippen LogP contribution in [-0.4, -0.2) is 33.8 Å². The van der Waals surface area contributed by atoms with Gasteiger partial charge in [0.05, 0.1) is 23.5 Å². The SMILES string of the molecule is O=C(C[C@H]1NC(=O)N(Cc2ccccc2)C1=O)Nc1nc(-c2cccs2)cs1. The van der Waals surface area contributed by atoms with Crippen LogP contribution in [0.1, 0.15) is 12.0 Å². The summed E-state index contributed by atoms with van der Waals surface area (Å²) < 4.78 is 0. The fourth-order valence-electron chi connectivity index (χ4n) is 2.86. The molecule has 0 bridgehead atoms. The molecule has 3 aromatic rings. The second-order valence-corrected chi connectivity index (χ2v) is 7.99. The topological polar surface area (TPSA) is 91.4 Å². The van der Waals surface area contributed by atoms with E-state index in [1.807, 2.05) is 53.2 Å². The van der Waals surface area contributed by atoms with Crippen LogP contribution in [0.25, 0.3) is 10.6 Å². The molecule has 3 heterocycles. The first kappa shape index (κ1) is 18.3. The maximum Gasteiger partial charge on any atom is 0.325 e. The molecule has 0 unspecified atom stereocenters. The molecule has 7 nitrogen and oxygen atoms in total. The van der Waals surface area contributed by atoms with Crippen molar-refractivity contribution in [2.45, 2.75) is 19.0 Å². The molecule has 1 fully saturated rings. The summed E-state index contributed by atoms with van der Waals surface area (Å²) in [7, 11) is 0. The third-order valence-corrected chi connectivity index (χ3v) is 5.85. The minimum atomic E-state index is -0.868. The number of anilines is 1. The zero-order valence-corrected chi connectivity index (χ0v) is 16.3. The molecule has 1 aromatic carbocycles. The van der Waals surface area contributed by atoms with Gasteiger partial charge < -0.3 is 10.6 Å². The van der Waals surface area contributed by atoms with Gasteiger partial charge in [0.2, 0.25) is 5.91 Å². The monoisotopic (exact) mass is 412 g/mol. The Morgan fingerprint density at radius 1 is 1.14 bits per heavy atom. The number of urea groups is 1. The standard InChI is InChI=1S/C19H16N4O3S2/c24-16(22-18-20-14(11-28-18)15-7-4-8-27-15)9-13-17(25)23(19(26)21-13)10-12-5-2-1-3-6-12/h1-8,11,13H,9-10H2,(H,21,26)(H,20,22,24)/t13-/m1/s1. The molecule has 2 aromatic heterocycles. The van der Waals surface area contributed by atoms with Crippen LogP contribution in [0, 0.1) is 0 Å². The molecular formula is C19H16N4O3S2. The van der Waals surface area contributed by atoms with Gasteiger partial charge in [-0.25, -0.2) is 9.78 Å². The van der Waals surface area contributed by atoms with Gasteiger partial charge >= 0.3 is 6.03 Å². The summed E-state index contributed by atoms with van der Waals surface area (Å²) in [6.45, 7) is 0.181. The molecule has 1 atom stereocenters. The summed E-state index contributed by atoms with van der Waals surface area (Å²) >= 11 is 2.89. The number of benzene rings is 1. The molecule has 9 heteroatoms. The number of rotatable bonds is 6. The Labute approximate surface area is 169 Å². The summed E-state index contributed by atoms with van der Waals surface area (Å²) in [6.07, 6.45) is -0.135. The number of imide groups is 1. The average molecular weight is 412 g/mol. The lowest BCUT2D eigenvalue weighted by Crippen LogP contribution is -2.34. The van der Waals surface area contributed by atoms with Crippen LogP contribution in [0.5, 0.6) is 0 Å². The molecule has 1 saturated heterocycles. The number of aromatic nitrogens is 1. The molecule has 1 aliphatic rings. The maximum absolute atomic E-state index is 12.5. The van der Waals surface area contributed by atoms with Crippen molar-refractivity contribution in [1.29, 1.82) is 0 Å². The highest BCUT2D eigenvalue weighted by atomic mass is 32.1. The lowest BCUT2D eigenvalue weighted by Gasteiger charge is -2.12. The second kappa shape index (κ2) is 7.91. The zero-order valence-electron chi connectivity index (χ0n) is 14.6. The first-order chi connectivity index (χ1) is 13.6. The number of hydrogen-bond acceptors (Lipinski definition) is 6. The van der Waals surface area contributed by atoms with Crippen molar-refractivity contribution < 1.29 is 14.4 Å². The van der Waals surface area contributed by atoms with Crippen molar-refractivity contribution in [2.24, 2.45) is 0 Å². The molecule has 0 aliphatic carbocycles. The number of nitrogens with one attached hydrogen (secondary N) is 2. The number of thiophene rings is 1. The van der Waals surface area contributed by atoms with E-state index in [0.717, 1.165) is 21.0 Å². The third kappa shape index (κ3) is 3.95. The van der Waals surface area contributed by atoms with E-state index in [2.05, 4.69) is 15.6 Å². The van der Waals surface area contributed by atoms with E-state index < -0.39 is 18.0 Å². The molecule has 0 saturated carbocycles. The highest BCUT2D eigenvalue weighted by Crippen LogP contribution is 2.28. The van der Waals surface area contributed by atoms with Gasteiger partial charge in [0.15, 0.2) is 5.13 Å². The van der Waals surface area contributed by atoms with E-state index in [1.54, 1.807) is 11.3 Å². The third-order valence-electron chi connectivity index (χ3n) is 4.20. The van der Waals surface area contributed by atoms with Crippen LogP contribution in [0.2, 0.25) is 0 Å². The number of carbonyl (C=O) groups is 3. The fraction of sp³-hybridized carbons (Fsp3) is 0.158. The number of carbonyl (C=O) groups excluding carboxylic acids is 3. The quantitative estimate of drug-likeness (QED) is 0.608. The van der Waals surface area contributed by atoms with E-state index in [4.69, 9.17) is 0 Å². The van der Waals surface area contributed by atoms with Crippen molar-refractivity contribution in [2.75, 3.05) is 5.32 Å². The van der Waals surface area contributed by atoms with Crippen molar-refractivity contribution in [1.82, 2.24) is 15.2 Å². The normalized spacial score (nSPS) is 16.3. The molecule has 142 valence electrons. The molecular weight excluding hydrogens is 396 g/mol. The van der Waals surface area contributed by atoms with Gasteiger partial charge in [-0.3, -0.25) is 14.5 Å². The van der Waals surface area contributed by atoms with Crippen molar-refractivity contribution in [3.63, 3.8) is 0 Å². The van der Waals surface area contributed by atoms with Crippen LogP contribution in [-0.2, 0) is 16.1 Å². The Morgan fingerprint density at radius 2 is 1.96 bits per heavy atom. The summed E-state index contributed by atoms with van der Waals surface area (Å²) in [6, 6.07) is 11.8. The van der Waals surface area contributed by atoms with E-state index in [-0.39, 0.29) is 18.9 Å². The molecule has 2 N–H and O–H groups in total. The zero-order chi connectivity index (χ0) is 19.5. The summed E-state index contributed by atoms with van der Waals surface area (Å²) in [5.74, 6) is -0.769. The molecule has 0 radical (unpaired) electrons. The minimum Gasteiger partial charge on any atom is -0.325 e. The smallest absolute Gasteiger partial charge is 0.325 e. The summed E-state index contributed by atoms with van der Waals surface area (Å²) in [5.41, 5.74) is 1.65. The Balaban J connectivity index is 1.36. The van der Waals surface area contributed by atoms with Gasteiger partial charge in [-0.15, -0.1) is 22.7 Å². The Kier molecular flexibility index (Phi) is 5.18. The van der Waals surface area contributed by atoms with E-state index >= 15 is 0 Å². The minimum absolute atomic E-state index is 0.135. The van der Waals surface area contributed by atoms with Gasteiger partial charge in [0, 0.05) is 5.38 Å². The molecule has 28 heavy (non-hydrogen) atoms. The largest absolute Gasteiger partial charge is 0.325 e. The molecule has 1 aliphatic heterocycles. The lowest BCUT2D eigenvalue weighted by molar-refractivity contribution is -0.130. The Bertz CT molecular complexity index is 1000. The molecule has 4 amide bonds. The first-order valence-electron chi connectivity index (χ1n) is 8.55. The van der Waals surface area contributed by atoms with Crippen LogP contribution >= 0.6 is 22.7 Å². The van der Waals surface area contributed by atoms with Crippen LogP contribution in [0.15, 0.2) is 53.2 Å². The Hall–Kier alpha value is -3.04. The first-order valence-corrected chi connectivity index (χ1v) is 10.3. The predicted octanol–water partition coefficient (Wildman–Crippen LogP) is 3.32. The van der Waals surface area contributed by atoms with Gasteiger partial charge in [0.1, 0.15) is 6.04 Å². The van der Waals surface area contributed by atoms with Gasteiger partial charge in [-0.2, -0.15) is 0 Å². The Morgan fingerprint density at radius 3 is 2.71 bits per heavy atom. The van der Waals surface area contributed by atoms with Crippen LogP contribution in [0.3, 0.4) is 0 Å². The highest BCUT2D eigenvalue weighted by molar-refractivity contribution is 7.16. The van der Waals surface area contributed by atoms with Crippen molar-refractivity contribution in [3.05, 3.63) is 58.8 Å². The van der Waals surface area contributed by atoms with Gasteiger partial charge in [-0.05, 0) is 17.0 Å². The van der Waals surface area contributed by atoms with E-state index in [1.165, 1.54) is 11.3 Å². The fourth-order valence-corrected chi connectivity index (χ4v) is 4.34. The maximum atomic E-state index is 12.5. The number of thiazole rings is 1. The predicted molar refractivity (Wildman–Crippen MR) is 108 cm³/mol. The van der Waals surface area contributed by atoms with E-state index in [9.17, 15) is 14.4 Å². The number of hydrogen-bond donors (Lipinski definition) is 2. The van der Waals surface area contributed by atoms with E-state index in [0.29, 0.717) is 5.13 Å². The molecule has 0 spiro atoms. The van der Waals surface area contributed by atoms with Crippen LogP contribution < -0.4 is 10.6 Å². The second-order valence-electron chi connectivity index (χ2n) is 6.18. The summed E-state index contributed by atoms with van der Waals surface area (Å²) in [5, 5.41) is 9.57. The van der Waals surface area contributed by atoms with Gasteiger partial charge in [0.25, 0.3) is 5.91 Å². The lowest BCUT2D eigenvalue weighted by atomic mass is 10.2. The average Bonchev–Trinajstić information content (AvgIpc) is 3.41. The number of nitrogens with zero attached hydrogens (tertiary/aromatic N) is 2. The number of amides is 4. The molecule has 4 rings (SSSR count). The highest BCUT2D eigenvalue weighted by Gasteiger charge is 2.39. The van der Waals surface area contributed by atoms with Crippen molar-refractivity contribution >= 4 is 45.7 Å².